The van der Waals surface area contributed by atoms with Crippen molar-refractivity contribution in [1.29, 1.82) is 0 Å². The smallest absolute Gasteiger partial charge is 0.319 e. The Kier molecular flexibility index (Phi) is 7.67. The van der Waals surface area contributed by atoms with Crippen LogP contribution in [0.5, 0.6) is 11.8 Å². The SMILES string of the molecule is C#Cc1c(F)ccc2cc(OC=O)cc(-c3nc(C)c4c(N5CC=CCC5)nc(OC(C)C5CCCN5C)nc4c3F)c12. The number of likely N-dealkylation sites (N-methyl/N-ethyl adjacent to an activating group) is 1. The number of ether oxygens (including phenoxy) is 2. The number of aryl methyl sites for hydroxylation is 1. The molecular formula is C33H31F2N5O3. The minimum absolute atomic E-state index is 0.0255. The fourth-order valence-corrected chi connectivity index (χ4v) is 6.24. The van der Waals surface area contributed by atoms with E-state index in [0.29, 0.717) is 35.4 Å². The van der Waals surface area contributed by atoms with Gasteiger partial charge < -0.3 is 14.4 Å². The van der Waals surface area contributed by atoms with Crippen LogP contribution in [-0.2, 0) is 4.79 Å². The summed E-state index contributed by atoms with van der Waals surface area (Å²) < 4.78 is 43.1. The van der Waals surface area contributed by atoms with E-state index >= 15 is 4.39 Å². The van der Waals surface area contributed by atoms with Gasteiger partial charge in [-0.05, 0) is 70.3 Å². The average Bonchev–Trinajstić information content (AvgIpc) is 3.45. The minimum Gasteiger partial charge on any atom is -0.459 e. The van der Waals surface area contributed by atoms with Gasteiger partial charge in [-0.3, -0.25) is 9.69 Å². The van der Waals surface area contributed by atoms with Crippen LogP contribution >= 0.6 is 0 Å². The average molecular weight is 584 g/mol. The lowest BCUT2D eigenvalue weighted by molar-refractivity contribution is -0.120. The van der Waals surface area contributed by atoms with Crippen LogP contribution in [0.2, 0.25) is 0 Å². The van der Waals surface area contributed by atoms with Crippen LogP contribution < -0.4 is 14.4 Å². The lowest BCUT2D eigenvalue weighted by Crippen LogP contribution is -2.38. The van der Waals surface area contributed by atoms with Crippen LogP contribution in [0.1, 0.15) is 37.4 Å². The molecule has 1 saturated heterocycles. The number of carbonyl (C=O) groups excluding carboxylic acids is 1. The quantitative estimate of drug-likeness (QED) is 0.159. The van der Waals surface area contributed by atoms with Crippen molar-refractivity contribution in [3.63, 3.8) is 0 Å². The lowest BCUT2D eigenvalue weighted by Gasteiger charge is -2.28. The number of fused-ring (bicyclic) bond motifs is 2. The van der Waals surface area contributed by atoms with Gasteiger partial charge in [-0.2, -0.15) is 9.97 Å². The Labute approximate surface area is 248 Å². The largest absolute Gasteiger partial charge is 0.459 e. The fraction of sp³-hybridized carbons (Fsp3) is 0.333. The molecule has 2 aliphatic rings. The zero-order valence-electron chi connectivity index (χ0n) is 24.2. The summed E-state index contributed by atoms with van der Waals surface area (Å²) in [4.78, 5) is 29.6. The first-order chi connectivity index (χ1) is 20.8. The van der Waals surface area contributed by atoms with E-state index in [9.17, 15) is 9.18 Å². The number of aromatic nitrogens is 3. The van der Waals surface area contributed by atoms with E-state index < -0.39 is 11.6 Å². The van der Waals surface area contributed by atoms with E-state index in [0.717, 1.165) is 25.8 Å². The summed E-state index contributed by atoms with van der Waals surface area (Å²) in [5.74, 6) is 1.67. The maximum Gasteiger partial charge on any atom is 0.319 e. The highest BCUT2D eigenvalue weighted by molar-refractivity contribution is 6.03. The van der Waals surface area contributed by atoms with Crippen LogP contribution in [0, 0.1) is 30.9 Å². The van der Waals surface area contributed by atoms with Crippen LogP contribution in [0.3, 0.4) is 0 Å². The maximum atomic E-state index is 16.8. The number of benzene rings is 2. The van der Waals surface area contributed by atoms with Gasteiger partial charge in [-0.15, -0.1) is 6.42 Å². The molecule has 0 N–H and O–H groups in total. The van der Waals surface area contributed by atoms with Gasteiger partial charge in [0, 0.05) is 30.1 Å². The first-order valence-corrected chi connectivity index (χ1v) is 14.3. The molecule has 4 heterocycles. The molecule has 1 fully saturated rings. The van der Waals surface area contributed by atoms with Crippen molar-refractivity contribution < 1.29 is 23.0 Å². The van der Waals surface area contributed by atoms with Gasteiger partial charge in [-0.1, -0.05) is 24.1 Å². The lowest BCUT2D eigenvalue weighted by atomic mass is 9.95. The Morgan fingerprint density at radius 1 is 1.14 bits per heavy atom. The summed E-state index contributed by atoms with van der Waals surface area (Å²) in [5, 5.41) is 1.20. The van der Waals surface area contributed by atoms with E-state index in [1.54, 1.807) is 6.92 Å². The minimum atomic E-state index is -0.746. The number of hydrogen-bond acceptors (Lipinski definition) is 8. The highest BCUT2D eigenvalue weighted by atomic mass is 19.1. The monoisotopic (exact) mass is 583 g/mol. The summed E-state index contributed by atoms with van der Waals surface area (Å²) in [6.45, 7) is 6.26. The van der Waals surface area contributed by atoms with Crippen LogP contribution in [0.25, 0.3) is 32.9 Å². The zero-order valence-corrected chi connectivity index (χ0v) is 24.2. The van der Waals surface area contributed by atoms with Crippen molar-refractivity contribution in [3.8, 4) is 35.4 Å². The van der Waals surface area contributed by atoms with Crippen molar-refractivity contribution in [1.82, 2.24) is 19.9 Å². The number of likely N-dealkylation sites (tertiary alicyclic amines) is 1. The number of rotatable bonds is 7. The fourth-order valence-electron chi connectivity index (χ4n) is 6.24. The Morgan fingerprint density at radius 2 is 1.98 bits per heavy atom. The molecule has 0 spiro atoms. The molecule has 0 saturated carbocycles. The van der Waals surface area contributed by atoms with Crippen molar-refractivity contribution in [3.05, 3.63) is 59.3 Å². The molecule has 2 atom stereocenters. The number of carbonyl (C=O) groups is 1. The molecule has 10 heteroatoms. The summed E-state index contributed by atoms with van der Waals surface area (Å²) in [6, 6.07) is 5.94. The van der Waals surface area contributed by atoms with Gasteiger partial charge in [0.25, 0.3) is 6.47 Å². The number of terminal acetylenes is 1. The normalized spacial score (nSPS) is 17.8. The zero-order chi connectivity index (χ0) is 30.2. The Hall–Kier alpha value is -4.62. The second kappa shape index (κ2) is 11.6. The first kappa shape index (κ1) is 28.5. The standard InChI is InChI=1S/C33H31F2N5O3/c1-5-23-25(34)12-11-21-16-22(42-18-41)17-24(28(21)23)30-29(35)31-27(19(2)36-30)32(40-14-7-6-8-15-40)38-33(37-31)43-20(3)26-10-9-13-39(26)4/h1,6-7,11-12,16-18,20,26H,8-10,13-15H2,2-4H3. The van der Waals surface area contributed by atoms with Gasteiger partial charge in [0.1, 0.15) is 34.7 Å². The first-order valence-electron chi connectivity index (χ1n) is 14.3. The van der Waals surface area contributed by atoms with E-state index in [1.165, 1.54) is 24.3 Å². The topological polar surface area (TPSA) is 80.7 Å². The van der Waals surface area contributed by atoms with Gasteiger partial charge in [0.2, 0.25) is 0 Å². The third-order valence-electron chi connectivity index (χ3n) is 8.32. The second-order valence-corrected chi connectivity index (χ2v) is 11.0. The van der Waals surface area contributed by atoms with Gasteiger partial charge in [-0.25, -0.2) is 13.8 Å². The molecule has 2 aromatic heterocycles. The van der Waals surface area contributed by atoms with E-state index in [2.05, 4.69) is 38.8 Å². The molecule has 43 heavy (non-hydrogen) atoms. The molecule has 2 unspecified atom stereocenters. The van der Waals surface area contributed by atoms with Gasteiger partial charge >= 0.3 is 6.01 Å². The number of halogens is 2. The predicted molar refractivity (Wildman–Crippen MR) is 161 cm³/mol. The molecule has 6 rings (SSSR count). The highest BCUT2D eigenvalue weighted by Gasteiger charge is 2.30. The number of nitrogens with zero attached hydrogens (tertiary/aromatic N) is 5. The molecule has 2 aliphatic heterocycles. The summed E-state index contributed by atoms with van der Waals surface area (Å²) in [7, 11) is 2.06. The number of pyridine rings is 1. The second-order valence-electron chi connectivity index (χ2n) is 11.0. The molecular weight excluding hydrogens is 552 g/mol. The Balaban J connectivity index is 1.60. The molecule has 0 bridgehead atoms. The van der Waals surface area contributed by atoms with Gasteiger partial charge in [0.05, 0.1) is 16.6 Å². The van der Waals surface area contributed by atoms with E-state index in [4.69, 9.17) is 20.9 Å². The summed E-state index contributed by atoms with van der Waals surface area (Å²) in [5.41, 5.74) is 0.517. The molecule has 8 nitrogen and oxygen atoms in total. The molecule has 220 valence electrons. The van der Waals surface area contributed by atoms with Crippen LogP contribution in [0.15, 0.2) is 36.4 Å². The molecule has 4 aromatic rings. The number of hydrogen-bond donors (Lipinski definition) is 0. The third kappa shape index (κ3) is 5.14. The van der Waals surface area contributed by atoms with Crippen molar-refractivity contribution >= 4 is 34.0 Å². The molecule has 0 aliphatic carbocycles. The van der Waals surface area contributed by atoms with E-state index in [-0.39, 0.29) is 58.1 Å². The van der Waals surface area contributed by atoms with Crippen LogP contribution in [0.4, 0.5) is 14.6 Å². The third-order valence-corrected chi connectivity index (χ3v) is 8.32. The number of anilines is 1. The van der Waals surface area contributed by atoms with Crippen molar-refractivity contribution in [2.75, 3.05) is 31.6 Å². The van der Waals surface area contributed by atoms with Crippen LogP contribution in [-0.4, -0.2) is 65.2 Å². The summed E-state index contributed by atoms with van der Waals surface area (Å²) in [6.07, 6.45) is 12.5. The van der Waals surface area contributed by atoms with Crippen molar-refractivity contribution in [2.24, 2.45) is 0 Å². The summed E-state index contributed by atoms with van der Waals surface area (Å²) >= 11 is 0. The Morgan fingerprint density at radius 3 is 2.67 bits per heavy atom. The highest BCUT2D eigenvalue weighted by Crippen LogP contribution is 2.40. The maximum absolute atomic E-state index is 16.8. The van der Waals surface area contributed by atoms with Gasteiger partial charge in [0.15, 0.2) is 5.82 Å². The van der Waals surface area contributed by atoms with E-state index in [1.807, 2.05) is 13.0 Å². The Bertz CT molecular complexity index is 1820. The molecule has 0 radical (unpaired) electrons. The van der Waals surface area contributed by atoms with Crippen molar-refractivity contribution in [2.45, 2.75) is 45.3 Å². The predicted octanol–water partition coefficient (Wildman–Crippen LogP) is 5.58. The molecule has 0 amide bonds. The molecule has 2 aromatic carbocycles.